The molecule has 5 rings (SSSR count). The van der Waals surface area contributed by atoms with E-state index in [4.69, 9.17) is 20.0 Å². The smallest absolute Gasteiger partial charge is 0.521 e. The van der Waals surface area contributed by atoms with Crippen LogP contribution >= 0.6 is 8.25 Å². The predicted molar refractivity (Wildman–Crippen MR) is 141 cm³/mol. The molecule has 0 bridgehead atoms. The first-order chi connectivity index (χ1) is 20.2. The first-order valence-corrected chi connectivity index (χ1v) is 13.4. The van der Waals surface area contributed by atoms with E-state index in [2.05, 4.69) is 35.7 Å². The van der Waals surface area contributed by atoms with Gasteiger partial charge in [-0.25, -0.2) is 24.0 Å². The Labute approximate surface area is 239 Å². The van der Waals surface area contributed by atoms with Crippen LogP contribution in [0, 0.1) is 34.3 Å². The Balaban J connectivity index is 0.000000781. The molecule has 1 amide bonds. The fraction of sp³-hybridized carbons (Fsp3) is 0.280. The van der Waals surface area contributed by atoms with Crippen LogP contribution in [0.4, 0.5) is 8.78 Å². The van der Waals surface area contributed by atoms with Crippen LogP contribution in [0.15, 0.2) is 43.1 Å². The number of rotatable bonds is 7. The zero-order valence-electron chi connectivity index (χ0n) is 21.7. The minimum absolute atomic E-state index is 0. The van der Waals surface area contributed by atoms with Gasteiger partial charge in [-0.3, -0.25) is 14.4 Å². The molecule has 1 aromatic carbocycles. The SMILES string of the molecule is N#CCC(CN1CCN(C(=O)c2c(F)cc(C#N)cc2F)CC1)n1cc(-c2ncnc3[nH]ccc23)cn1.O=[P+]([O-])OO.[HH]. The Kier molecular flexibility index (Phi) is 9.93. The fourth-order valence-electron chi connectivity index (χ4n) is 4.54. The minimum Gasteiger partial charge on any atom is -0.565 e. The third-order valence-corrected chi connectivity index (χ3v) is 6.64. The average molecular weight is 599 g/mol. The summed E-state index contributed by atoms with van der Waals surface area (Å²) in [4.78, 5) is 36.8. The molecule has 2 unspecified atom stereocenters. The van der Waals surface area contributed by atoms with E-state index in [0.717, 1.165) is 34.4 Å². The minimum atomic E-state index is -3.04. The summed E-state index contributed by atoms with van der Waals surface area (Å²) in [7, 11) is -3.04. The number of aromatic nitrogens is 5. The van der Waals surface area contributed by atoms with Gasteiger partial charge in [-0.05, 0) is 22.8 Å². The number of H-pyrrole nitrogens is 1. The molecule has 1 aliphatic rings. The number of halogens is 2. The van der Waals surface area contributed by atoms with Gasteiger partial charge in [0.15, 0.2) is 0 Å². The molecule has 42 heavy (non-hydrogen) atoms. The number of carbonyl (C=O) groups is 1. The van der Waals surface area contributed by atoms with Crippen molar-refractivity contribution in [2.24, 2.45) is 0 Å². The number of nitrogens with zero attached hydrogens (tertiary/aromatic N) is 8. The molecular formula is C25H24F2N9O5P. The lowest BCUT2D eigenvalue weighted by Crippen LogP contribution is -2.50. The molecule has 0 aliphatic carbocycles. The Morgan fingerprint density at radius 2 is 1.93 bits per heavy atom. The maximum Gasteiger partial charge on any atom is 0.521 e. The second-order valence-corrected chi connectivity index (χ2v) is 9.62. The Hall–Kier alpha value is -4.70. The van der Waals surface area contributed by atoms with Crippen LogP contribution in [-0.4, -0.2) is 78.4 Å². The van der Waals surface area contributed by atoms with Gasteiger partial charge >= 0.3 is 8.25 Å². The van der Waals surface area contributed by atoms with Crippen LogP contribution in [0.5, 0.6) is 0 Å². The molecule has 0 saturated carbocycles. The van der Waals surface area contributed by atoms with Gasteiger partial charge in [-0.2, -0.15) is 15.6 Å². The van der Waals surface area contributed by atoms with Crippen molar-refractivity contribution in [2.45, 2.75) is 12.5 Å². The average Bonchev–Trinajstić information content (AvgIpc) is 3.67. The lowest BCUT2D eigenvalue weighted by Gasteiger charge is -2.36. The van der Waals surface area contributed by atoms with E-state index in [-0.39, 0.29) is 32.5 Å². The van der Waals surface area contributed by atoms with Crippen LogP contribution in [0.2, 0.25) is 0 Å². The molecule has 3 aromatic heterocycles. The highest BCUT2D eigenvalue weighted by molar-refractivity contribution is 7.30. The molecular weight excluding hydrogens is 575 g/mol. The number of nitriles is 2. The molecule has 2 atom stereocenters. The summed E-state index contributed by atoms with van der Waals surface area (Å²) in [5.74, 6) is -2.84. The summed E-state index contributed by atoms with van der Waals surface area (Å²) < 4.78 is 42.0. The normalized spacial score (nSPS) is 14.4. The monoisotopic (exact) mass is 599 g/mol. The predicted octanol–water partition coefficient (Wildman–Crippen LogP) is 2.62. The lowest BCUT2D eigenvalue weighted by atomic mass is 10.1. The topological polar surface area (TPSA) is 200 Å². The first-order valence-electron chi connectivity index (χ1n) is 12.3. The van der Waals surface area contributed by atoms with E-state index >= 15 is 0 Å². The summed E-state index contributed by atoms with van der Waals surface area (Å²) in [5.41, 5.74) is 1.43. The number of hydrogen-bond acceptors (Lipinski definition) is 11. The molecule has 0 radical (unpaired) electrons. The Morgan fingerprint density at radius 3 is 2.55 bits per heavy atom. The number of nitrogens with one attached hydrogen (secondary N) is 1. The fourth-order valence-corrected chi connectivity index (χ4v) is 4.54. The number of aromatic amines is 1. The highest BCUT2D eigenvalue weighted by Gasteiger charge is 2.28. The van der Waals surface area contributed by atoms with Crippen LogP contribution in [0.3, 0.4) is 0 Å². The maximum atomic E-state index is 14.3. The summed E-state index contributed by atoms with van der Waals surface area (Å²) in [6.45, 7) is 2.00. The van der Waals surface area contributed by atoms with Crippen molar-refractivity contribution in [3.8, 4) is 23.4 Å². The summed E-state index contributed by atoms with van der Waals surface area (Å²) >= 11 is 0. The van der Waals surface area contributed by atoms with E-state index in [9.17, 15) is 18.8 Å². The Bertz CT molecular complexity index is 1660. The zero-order chi connectivity index (χ0) is 30.2. The molecule has 1 aliphatic heterocycles. The number of amides is 1. The molecule has 0 spiro atoms. The van der Waals surface area contributed by atoms with Crippen molar-refractivity contribution in [1.29, 1.82) is 10.5 Å². The number of hydrogen-bond donors (Lipinski definition) is 2. The van der Waals surface area contributed by atoms with E-state index in [1.807, 2.05) is 12.3 Å². The zero-order valence-corrected chi connectivity index (χ0v) is 22.6. The van der Waals surface area contributed by atoms with Gasteiger partial charge in [0.2, 0.25) is 0 Å². The van der Waals surface area contributed by atoms with Crippen LogP contribution in [0.1, 0.15) is 29.8 Å². The standard InChI is InChI=1S/C25H21F2N9O.HO4P.H2/c26-20-9-16(11-29)10-21(27)22(20)25(37)35-7-5-34(6-8-35)14-18(1-3-28)36-13-17(12-33-36)23-19-2-4-30-24(19)32-15-31-23;1-4-5(2)3;/h2,4,9-10,12-13,15,18H,1,5-8,14H2,(H,30,31,32);1H;1H. The van der Waals surface area contributed by atoms with Gasteiger partial charge in [-0.15, -0.1) is 0 Å². The van der Waals surface area contributed by atoms with E-state index in [1.165, 1.54) is 11.2 Å². The Morgan fingerprint density at radius 1 is 1.24 bits per heavy atom. The molecule has 17 heteroatoms. The lowest BCUT2D eigenvalue weighted by molar-refractivity contribution is -0.244. The van der Waals surface area contributed by atoms with Gasteiger partial charge in [0.1, 0.15) is 29.2 Å². The largest absolute Gasteiger partial charge is 0.565 e. The van der Waals surface area contributed by atoms with Crippen LogP contribution in [-0.2, 0) is 9.24 Å². The van der Waals surface area contributed by atoms with Gasteiger partial charge < -0.3 is 14.8 Å². The number of benzene rings is 1. The molecule has 4 heterocycles. The third kappa shape index (κ3) is 6.95. The van der Waals surface area contributed by atoms with Crippen molar-refractivity contribution in [1.82, 2.24) is 34.5 Å². The van der Waals surface area contributed by atoms with Crippen molar-refractivity contribution in [2.75, 3.05) is 32.7 Å². The molecule has 14 nitrogen and oxygen atoms in total. The van der Waals surface area contributed by atoms with Crippen LogP contribution < -0.4 is 4.89 Å². The molecule has 1 fully saturated rings. The summed E-state index contributed by atoms with van der Waals surface area (Å²) in [6.07, 6.45) is 7.06. The number of fused-ring (bicyclic) bond motifs is 1. The van der Waals surface area contributed by atoms with Gasteiger partial charge in [0.25, 0.3) is 5.91 Å². The quantitative estimate of drug-likeness (QED) is 0.180. The number of piperazine rings is 1. The first kappa shape index (κ1) is 30.3. The van der Waals surface area contributed by atoms with E-state index in [0.29, 0.717) is 19.6 Å². The highest BCUT2D eigenvalue weighted by Crippen LogP contribution is 2.26. The second kappa shape index (κ2) is 13.8. The second-order valence-electron chi connectivity index (χ2n) is 9.01. The van der Waals surface area contributed by atoms with Crippen molar-refractivity contribution < 1.29 is 34.4 Å². The van der Waals surface area contributed by atoms with Gasteiger partial charge in [0.05, 0.1) is 42.1 Å². The summed E-state index contributed by atoms with van der Waals surface area (Å²) in [5, 5.41) is 30.7. The third-order valence-electron chi connectivity index (χ3n) is 6.51. The maximum absolute atomic E-state index is 14.3. The highest BCUT2D eigenvalue weighted by atomic mass is 31.1. The van der Waals surface area contributed by atoms with Crippen molar-refractivity contribution >= 4 is 25.2 Å². The van der Waals surface area contributed by atoms with E-state index < -0.39 is 31.4 Å². The van der Waals surface area contributed by atoms with Gasteiger partial charge in [-0.1, -0.05) is 0 Å². The van der Waals surface area contributed by atoms with Crippen molar-refractivity contribution in [3.05, 3.63) is 65.9 Å². The molecule has 1 saturated heterocycles. The molecule has 2 N–H and O–H groups in total. The number of carbonyl (C=O) groups excluding carboxylic acids is 1. The molecule has 4 aromatic rings. The van der Waals surface area contributed by atoms with Gasteiger partial charge in [0, 0.05) is 62.2 Å². The molecule has 218 valence electrons. The van der Waals surface area contributed by atoms with Crippen molar-refractivity contribution in [3.63, 3.8) is 0 Å². The summed E-state index contributed by atoms with van der Waals surface area (Å²) in [6, 6.07) is 7.26. The van der Waals surface area contributed by atoms with Crippen LogP contribution in [0.25, 0.3) is 22.3 Å². The van der Waals surface area contributed by atoms with E-state index in [1.54, 1.807) is 23.1 Å².